The van der Waals surface area contributed by atoms with Crippen molar-refractivity contribution in [3.05, 3.63) is 33.7 Å². The number of nitrogens with two attached hydrogens (primary N) is 1. The third kappa shape index (κ3) is 2.37. The van der Waals surface area contributed by atoms with Crippen LogP contribution in [0, 0.1) is 0 Å². The minimum atomic E-state index is -0.189. The standard InChI is InChI=1S/C15H24N2O/c1-10(2)14-9-8-13(11(3)16)15(18)17(14)12-6-4-5-7-12/h8-12H,4-7,16H2,1-3H3. The summed E-state index contributed by atoms with van der Waals surface area (Å²) in [6.45, 7) is 6.17. The third-order valence-corrected chi connectivity index (χ3v) is 3.95. The van der Waals surface area contributed by atoms with E-state index in [0.717, 1.165) is 24.1 Å². The van der Waals surface area contributed by atoms with Crippen LogP contribution in [-0.4, -0.2) is 4.57 Å². The Labute approximate surface area is 109 Å². The van der Waals surface area contributed by atoms with Gasteiger partial charge in [-0.15, -0.1) is 0 Å². The van der Waals surface area contributed by atoms with Gasteiger partial charge in [-0.1, -0.05) is 32.8 Å². The lowest BCUT2D eigenvalue weighted by Crippen LogP contribution is -2.32. The van der Waals surface area contributed by atoms with Crippen molar-refractivity contribution >= 4 is 0 Å². The molecule has 1 aliphatic carbocycles. The molecule has 1 aromatic heterocycles. The molecule has 1 unspecified atom stereocenters. The Morgan fingerprint density at radius 2 is 1.83 bits per heavy atom. The van der Waals surface area contributed by atoms with Crippen LogP contribution in [0.2, 0.25) is 0 Å². The summed E-state index contributed by atoms with van der Waals surface area (Å²) in [5, 5.41) is 0. The Bertz CT molecular complexity index is 468. The summed E-state index contributed by atoms with van der Waals surface area (Å²) in [6.07, 6.45) is 4.72. The third-order valence-electron chi connectivity index (χ3n) is 3.95. The van der Waals surface area contributed by atoms with Crippen molar-refractivity contribution in [2.24, 2.45) is 5.73 Å². The van der Waals surface area contributed by atoms with E-state index in [0.29, 0.717) is 12.0 Å². The second kappa shape index (κ2) is 5.27. The Morgan fingerprint density at radius 1 is 1.22 bits per heavy atom. The highest BCUT2D eigenvalue weighted by Crippen LogP contribution is 2.31. The molecule has 0 aromatic carbocycles. The molecule has 1 aromatic rings. The van der Waals surface area contributed by atoms with Gasteiger partial charge in [0.05, 0.1) is 0 Å². The maximum absolute atomic E-state index is 12.6. The second-order valence-corrected chi connectivity index (χ2v) is 5.77. The molecule has 2 rings (SSSR count). The molecular formula is C15H24N2O. The van der Waals surface area contributed by atoms with Crippen LogP contribution in [-0.2, 0) is 0 Å². The van der Waals surface area contributed by atoms with Crippen molar-refractivity contribution in [1.82, 2.24) is 4.57 Å². The van der Waals surface area contributed by atoms with Gasteiger partial charge in [-0.2, -0.15) is 0 Å². The zero-order valence-corrected chi connectivity index (χ0v) is 11.6. The van der Waals surface area contributed by atoms with Crippen molar-refractivity contribution in [3.63, 3.8) is 0 Å². The molecule has 1 atom stereocenters. The largest absolute Gasteiger partial charge is 0.324 e. The van der Waals surface area contributed by atoms with Gasteiger partial charge in [0.2, 0.25) is 0 Å². The minimum absolute atomic E-state index is 0.128. The predicted octanol–water partition coefficient (Wildman–Crippen LogP) is 3.11. The van der Waals surface area contributed by atoms with Crippen molar-refractivity contribution in [2.75, 3.05) is 0 Å². The molecule has 3 heteroatoms. The first-order valence-corrected chi connectivity index (χ1v) is 7.03. The number of nitrogens with zero attached hydrogens (tertiary/aromatic N) is 1. The van der Waals surface area contributed by atoms with Gasteiger partial charge >= 0.3 is 0 Å². The average molecular weight is 248 g/mol. The van der Waals surface area contributed by atoms with Gasteiger partial charge in [-0.3, -0.25) is 4.79 Å². The molecule has 1 saturated carbocycles. The van der Waals surface area contributed by atoms with Crippen molar-refractivity contribution in [2.45, 2.75) is 64.5 Å². The fraction of sp³-hybridized carbons (Fsp3) is 0.667. The van der Waals surface area contributed by atoms with Crippen molar-refractivity contribution < 1.29 is 0 Å². The number of rotatable bonds is 3. The molecule has 0 saturated heterocycles. The number of hydrogen-bond donors (Lipinski definition) is 1. The Kier molecular flexibility index (Phi) is 3.91. The SMILES string of the molecule is CC(C)c1ccc(C(C)N)c(=O)n1C1CCCC1. The first-order chi connectivity index (χ1) is 8.52. The topological polar surface area (TPSA) is 48.0 Å². The number of hydrogen-bond acceptors (Lipinski definition) is 2. The zero-order valence-electron chi connectivity index (χ0n) is 11.6. The highest BCUT2D eigenvalue weighted by atomic mass is 16.1. The van der Waals surface area contributed by atoms with E-state index in [-0.39, 0.29) is 11.6 Å². The first kappa shape index (κ1) is 13.3. The van der Waals surface area contributed by atoms with Crippen LogP contribution < -0.4 is 11.3 Å². The van der Waals surface area contributed by atoms with Gasteiger partial charge in [0.1, 0.15) is 0 Å². The highest BCUT2D eigenvalue weighted by molar-refractivity contribution is 5.21. The van der Waals surface area contributed by atoms with Gasteiger partial charge in [-0.25, -0.2) is 0 Å². The molecule has 1 aliphatic rings. The van der Waals surface area contributed by atoms with E-state index < -0.39 is 0 Å². The molecule has 1 heterocycles. The van der Waals surface area contributed by atoms with E-state index in [2.05, 4.69) is 19.9 Å². The summed E-state index contributed by atoms with van der Waals surface area (Å²) >= 11 is 0. The van der Waals surface area contributed by atoms with E-state index in [9.17, 15) is 4.79 Å². The fourth-order valence-electron chi connectivity index (χ4n) is 2.94. The summed E-state index contributed by atoms with van der Waals surface area (Å²) in [7, 11) is 0. The molecule has 0 bridgehead atoms. The van der Waals surface area contributed by atoms with Crippen molar-refractivity contribution in [1.29, 1.82) is 0 Å². The molecule has 0 aliphatic heterocycles. The molecule has 0 radical (unpaired) electrons. The molecular weight excluding hydrogens is 224 g/mol. The van der Waals surface area contributed by atoms with Crippen LogP contribution in [0.5, 0.6) is 0 Å². The first-order valence-electron chi connectivity index (χ1n) is 7.03. The highest BCUT2D eigenvalue weighted by Gasteiger charge is 2.23. The number of aromatic nitrogens is 1. The average Bonchev–Trinajstić information content (AvgIpc) is 2.80. The molecule has 3 nitrogen and oxygen atoms in total. The smallest absolute Gasteiger partial charge is 0.255 e. The van der Waals surface area contributed by atoms with Crippen LogP contribution in [0.25, 0.3) is 0 Å². The minimum Gasteiger partial charge on any atom is -0.324 e. The van der Waals surface area contributed by atoms with E-state index in [1.54, 1.807) is 0 Å². The van der Waals surface area contributed by atoms with Gasteiger partial charge in [0.25, 0.3) is 5.56 Å². The van der Waals surface area contributed by atoms with Crippen LogP contribution in [0.4, 0.5) is 0 Å². The lowest BCUT2D eigenvalue weighted by atomic mass is 10.0. The lowest BCUT2D eigenvalue weighted by Gasteiger charge is -2.23. The fourth-order valence-corrected chi connectivity index (χ4v) is 2.94. The Hall–Kier alpha value is -1.09. The summed E-state index contributed by atoms with van der Waals surface area (Å²) in [5.41, 5.74) is 7.91. The summed E-state index contributed by atoms with van der Waals surface area (Å²) in [6, 6.07) is 4.19. The maximum atomic E-state index is 12.6. The quantitative estimate of drug-likeness (QED) is 0.893. The monoisotopic (exact) mass is 248 g/mol. The van der Waals surface area contributed by atoms with Crippen LogP contribution in [0.1, 0.15) is 75.7 Å². The van der Waals surface area contributed by atoms with Gasteiger partial charge < -0.3 is 10.3 Å². The molecule has 2 N–H and O–H groups in total. The normalized spacial score (nSPS) is 18.5. The van der Waals surface area contributed by atoms with E-state index in [1.807, 2.05) is 17.6 Å². The zero-order chi connectivity index (χ0) is 13.3. The van der Waals surface area contributed by atoms with Crippen LogP contribution in [0.3, 0.4) is 0 Å². The lowest BCUT2D eigenvalue weighted by molar-refractivity contribution is 0.468. The Balaban J connectivity index is 2.56. The van der Waals surface area contributed by atoms with Crippen LogP contribution in [0.15, 0.2) is 16.9 Å². The van der Waals surface area contributed by atoms with E-state index in [4.69, 9.17) is 5.73 Å². The Morgan fingerprint density at radius 3 is 2.33 bits per heavy atom. The van der Waals surface area contributed by atoms with Gasteiger partial charge in [-0.05, 0) is 31.7 Å². The summed E-state index contributed by atoms with van der Waals surface area (Å²) < 4.78 is 2.02. The van der Waals surface area contributed by atoms with E-state index >= 15 is 0 Å². The maximum Gasteiger partial charge on any atom is 0.255 e. The van der Waals surface area contributed by atoms with Crippen molar-refractivity contribution in [3.8, 4) is 0 Å². The predicted molar refractivity (Wildman–Crippen MR) is 74.9 cm³/mol. The molecule has 0 amide bonds. The van der Waals surface area contributed by atoms with Gasteiger partial charge in [0, 0.05) is 23.3 Å². The molecule has 100 valence electrons. The molecule has 0 spiro atoms. The number of pyridine rings is 1. The van der Waals surface area contributed by atoms with E-state index in [1.165, 1.54) is 12.8 Å². The summed E-state index contributed by atoms with van der Waals surface area (Å²) in [5.74, 6) is 0.375. The second-order valence-electron chi connectivity index (χ2n) is 5.77. The van der Waals surface area contributed by atoms with Crippen LogP contribution >= 0.6 is 0 Å². The molecule has 1 fully saturated rings. The molecule has 18 heavy (non-hydrogen) atoms. The summed E-state index contributed by atoms with van der Waals surface area (Å²) in [4.78, 5) is 12.6. The van der Waals surface area contributed by atoms with Gasteiger partial charge in [0.15, 0.2) is 0 Å².